The number of rotatable bonds is 6. The fourth-order valence-electron chi connectivity index (χ4n) is 4.19. The van der Waals surface area contributed by atoms with E-state index in [1.165, 1.54) is 35.5 Å². The molecule has 2 heterocycles. The van der Waals surface area contributed by atoms with E-state index in [2.05, 4.69) is 46.5 Å². The van der Waals surface area contributed by atoms with Gasteiger partial charge >= 0.3 is 0 Å². The van der Waals surface area contributed by atoms with E-state index in [4.69, 9.17) is 9.47 Å². The summed E-state index contributed by atoms with van der Waals surface area (Å²) in [6.07, 6.45) is 6.68. The number of aromatic nitrogens is 2. The molecule has 0 bridgehead atoms. The molecule has 0 saturated heterocycles. The van der Waals surface area contributed by atoms with E-state index in [0.717, 1.165) is 19.4 Å². The molecule has 3 aromatic rings. The Morgan fingerprint density at radius 2 is 1.74 bits per heavy atom. The van der Waals surface area contributed by atoms with Crippen LogP contribution in [0.2, 0.25) is 0 Å². The molecule has 0 spiro atoms. The molecule has 31 heavy (non-hydrogen) atoms. The standard InChI is InChI=1S/C25H29N2O3.BrH/c1-18-8-10-19(11-9-18)21-16-26(25-7-5-4-6-14-27(21)25)17-22(28)20-12-13-23(29-2)24(15-20)30-3;/h8-13,15-16H,4-7,14,17H2,1-3H3;1H/q+1;/p-1. The zero-order valence-electron chi connectivity index (χ0n) is 18.4. The van der Waals surface area contributed by atoms with Crippen molar-refractivity contribution in [2.75, 3.05) is 14.2 Å². The molecule has 0 aliphatic carbocycles. The van der Waals surface area contributed by atoms with Crippen LogP contribution in [0.4, 0.5) is 0 Å². The van der Waals surface area contributed by atoms with Crippen molar-refractivity contribution in [2.45, 2.75) is 45.7 Å². The molecule has 164 valence electrons. The minimum absolute atomic E-state index is 0. The van der Waals surface area contributed by atoms with Crippen LogP contribution in [0.5, 0.6) is 11.5 Å². The molecule has 6 heteroatoms. The highest BCUT2D eigenvalue weighted by atomic mass is 79.9. The number of fused-ring (bicyclic) bond motifs is 1. The molecule has 2 aromatic carbocycles. The van der Waals surface area contributed by atoms with E-state index in [9.17, 15) is 4.79 Å². The number of imidazole rings is 1. The number of aryl methyl sites for hydroxylation is 1. The summed E-state index contributed by atoms with van der Waals surface area (Å²) in [6, 6.07) is 14.0. The Morgan fingerprint density at radius 1 is 1.00 bits per heavy atom. The fourth-order valence-corrected chi connectivity index (χ4v) is 4.19. The second-order valence-corrected chi connectivity index (χ2v) is 7.88. The van der Waals surface area contributed by atoms with Crippen molar-refractivity contribution < 1.29 is 35.8 Å². The van der Waals surface area contributed by atoms with Crippen molar-refractivity contribution >= 4 is 5.78 Å². The number of ether oxygens (including phenoxy) is 2. The largest absolute Gasteiger partial charge is 1.00 e. The van der Waals surface area contributed by atoms with Gasteiger partial charge in [0.05, 0.1) is 20.8 Å². The molecule has 5 nitrogen and oxygen atoms in total. The Labute approximate surface area is 194 Å². The number of benzene rings is 2. The number of carbonyl (C=O) groups is 1. The first-order valence-corrected chi connectivity index (χ1v) is 10.5. The lowest BCUT2D eigenvalue weighted by atomic mass is 10.1. The van der Waals surface area contributed by atoms with Gasteiger partial charge < -0.3 is 26.5 Å². The van der Waals surface area contributed by atoms with Crippen LogP contribution in [0.1, 0.15) is 41.0 Å². The molecule has 0 atom stereocenters. The summed E-state index contributed by atoms with van der Waals surface area (Å²) >= 11 is 0. The van der Waals surface area contributed by atoms with Gasteiger partial charge in [0, 0.05) is 17.5 Å². The SMILES string of the molecule is COc1ccc(C(=O)C[n+]2cc(-c3ccc(C)cc3)n3c2CCCCC3)cc1OC.[Br-]. The van der Waals surface area contributed by atoms with Gasteiger partial charge in [-0.25, -0.2) is 9.13 Å². The third-order valence-corrected chi connectivity index (χ3v) is 5.86. The number of methoxy groups -OCH3 is 2. The van der Waals surface area contributed by atoms with E-state index in [0.29, 0.717) is 23.6 Å². The number of Topliss-reactive ketones (excluding diaryl/α,β-unsaturated/α-hetero) is 1. The van der Waals surface area contributed by atoms with Gasteiger partial charge in [-0.3, -0.25) is 4.79 Å². The fraction of sp³-hybridized carbons (Fsp3) is 0.360. The van der Waals surface area contributed by atoms with Crippen LogP contribution in [0.25, 0.3) is 11.3 Å². The second-order valence-electron chi connectivity index (χ2n) is 7.88. The number of hydrogen-bond donors (Lipinski definition) is 0. The van der Waals surface area contributed by atoms with Gasteiger partial charge in [0.15, 0.2) is 23.7 Å². The van der Waals surface area contributed by atoms with Crippen molar-refractivity contribution in [1.82, 2.24) is 4.57 Å². The van der Waals surface area contributed by atoms with Crippen molar-refractivity contribution in [3.8, 4) is 22.8 Å². The Kier molecular flexibility index (Phi) is 7.55. The van der Waals surface area contributed by atoms with Gasteiger partial charge in [-0.05, 0) is 44.4 Å². The van der Waals surface area contributed by atoms with Gasteiger partial charge in [0.2, 0.25) is 5.78 Å². The molecule has 0 N–H and O–H groups in total. The summed E-state index contributed by atoms with van der Waals surface area (Å²) in [5.74, 6) is 2.50. The molecule has 0 amide bonds. The maximum atomic E-state index is 13.1. The lowest BCUT2D eigenvalue weighted by Gasteiger charge is -2.09. The average molecular weight is 485 g/mol. The zero-order valence-corrected chi connectivity index (χ0v) is 19.9. The molecular formula is C25H29BrN2O3. The highest BCUT2D eigenvalue weighted by Crippen LogP contribution is 2.28. The van der Waals surface area contributed by atoms with Crippen LogP contribution >= 0.6 is 0 Å². The lowest BCUT2D eigenvalue weighted by molar-refractivity contribution is -0.690. The van der Waals surface area contributed by atoms with Crippen LogP contribution in [-0.2, 0) is 19.5 Å². The minimum atomic E-state index is 0. The number of halogens is 1. The van der Waals surface area contributed by atoms with Crippen LogP contribution in [-0.4, -0.2) is 24.6 Å². The first-order chi connectivity index (χ1) is 14.6. The average Bonchev–Trinajstić information content (AvgIpc) is 2.94. The molecule has 0 unspecified atom stereocenters. The predicted molar refractivity (Wildman–Crippen MR) is 116 cm³/mol. The number of ketones is 1. The Bertz CT molecular complexity index is 1060. The van der Waals surface area contributed by atoms with E-state index in [1.54, 1.807) is 32.4 Å². The van der Waals surface area contributed by atoms with Crippen LogP contribution in [0.15, 0.2) is 48.7 Å². The van der Waals surface area contributed by atoms with Gasteiger partial charge in [0.25, 0.3) is 5.82 Å². The third-order valence-electron chi connectivity index (χ3n) is 5.86. The molecule has 0 fully saturated rings. The summed E-state index contributed by atoms with van der Waals surface area (Å²) in [7, 11) is 3.18. The van der Waals surface area contributed by atoms with Gasteiger partial charge in [-0.1, -0.05) is 29.8 Å². The smallest absolute Gasteiger partial charge is 0.257 e. The van der Waals surface area contributed by atoms with Crippen molar-refractivity contribution in [3.63, 3.8) is 0 Å². The van der Waals surface area contributed by atoms with E-state index >= 15 is 0 Å². The molecule has 4 rings (SSSR count). The Morgan fingerprint density at radius 3 is 2.45 bits per heavy atom. The number of carbonyl (C=O) groups excluding carboxylic acids is 1. The number of nitrogens with zero attached hydrogens (tertiary/aromatic N) is 2. The van der Waals surface area contributed by atoms with Crippen LogP contribution in [0.3, 0.4) is 0 Å². The normalized spacial score (nSPS) is 13.0. The van der Waals surface area contributed by atoms with E-state index in [1.807, 2.05) is 0 Å². The first kappa shape index (κ1) is 23.1. The van der Waals surface area contributed by atoms with Crippen molar-refractivity contribution in [2.24, 2.45) is 0 Å². The monoisotopic (exact) mass is 484 g/mol. The molecule has 0 radical (unpaired) electrons. The van der Waals surface area contributed by atoms with E-state index in [-0.39, 0.29) is 22.8 Å². The first-order valence-electron chi connectivity index (χ1n) is 10.5. The summed E-state index contributed by atoms with van der Waals surface area (Å²) in [5.41, 5.74) is 4.26. The predicted octanol–water partition coefficient (Wildman–Crippen LogP) is 1.38. The molecule has 1 aromatic heterocycles. The lowest BCUT2D eigenvalue weighted by Crippen LogP contribution is -3.00. The quantitative estimate of drug-likeness (QED) is 0.392. The summed E-state index contributed by atoms with van der Waals surface area (Å²) in [6.45, 7) is 3.41. The second kappa shape index (κ2) is 10.1. The topological polar surface area (TPSA) is 44.3 Å². The van der Waals surface area contributed by atoms with Crippen molar-refractivity contribution in [3.05, 3.63) is 65.6 Å². The maximum Gasteiger partial charge on any atom is 0.257 e. The summed E-state index contributed by atoms with van der Waals surface area (Å²) in [5, 5.41) is 0. The number of hydrogen-bond acceptors (Lipinski definition) is 3. The third kappa shape index (κ3) is 4.85. The summed E-state index contributed by atoms with van der Waals surface area (Å²) in [4.78, 5) is 13.1. The zero-order chi connectivity index (χ0) is 21.1. The van der Waals surface area contributed by atoms with Gasteiger partial charge in [-0.15, -0.1) is 0 Å². The Hall–Kier alpha value is -2.60. The highest BCUT2D eigenvalue weighted by molar-refractivity contribution is 5.95. The van der Waals surface area contributed by atoms with E-state index < -0.39 is 0 Å². The van der Waals surface area contributed by atoms with Crippen LogP contribution in [0, 0.1) is 6.92 Å². The molecular weight excluding hydrogens is 456 g/mol. The molecule has 0 saturated carbocycles. The molecule has 1 aliphatic rings. The van der Waals surface area contributed by atoms with Crippen LogP contribution < -0.4 is 31.0 Å². The van der Waals surface area contributed by atoms with Gasteiger partial charge in [-0.2, -0.15) is 0 Å². The molecule has 1 aliphatic heterocycles. The summed E-state index contributed by atoms with van der Waals surface area (Å²) < 4.78 is 15.2. The highest BCUT2D eigenvalue weighted by Gasteiger charge is 2.27. The maximum absolute atomic E-state index is 13.1. The van der Waals surface area contributed by atoms with Gasteiger partial charge in [0.1, 0.15) is 6.20 Å². The Balaban J connectivity index is 0.00000272. The van der Waals surface area contributed by atoms with Crippen molar-refractivity contribution in [1.29, 1.82) is 0 Å². The minimum Gasteiger partial charge on any atom is -1.00 e.